The van der Waals surface area contributed by atoms with Crippen LogP contribution in [0.1, 0.15) is 64.4 Å². The Kier molecular flexibility index (Phi) is 5.96. The molecule has 0 amide bonds. The maximum atomic E-state index is 4.23. The lowest BCUT2D eigenvalue weighted by Crippen LogP contribution is -2.35. The first-order chi connectivity index (χ1) is 9.70. The normalized spacial score (nSPS) is 26.9. The van der Waals surface area contributed by atoms with Gasteiger partial charge in [-0.15, -0.1) is 0 Å². The van der Waals surface area contributed by atoms with Crippen LogP contribution >= 0.6 is 0 Å². The zero-order valence-corrected chi connectivity index (χ0v) is 13.2. The molecule has 1 saturated carbocycles. The van der Waals surface area contributed by atoms with Crippen LogP contribution in [0, 0.1) is 11.8 Å². The van der Waals surface area contributed by atoms with Crippen LogP contribution in [0.15, 0.2) is 18.7 Å². The van der Waals surface area contributed by atoms with E-state index in [-0.39, 0.29) is 0 Å². The molecule has 3 atom stereocenters. The highest BCUT2D eigenvalue weighted by atomic mass is 14.9. The van der Waals surface area contributed by atoms with Crippen LogP contribution in [0.3, 0.4) is 0 Å². The quantitative estimate of drug-likeness (QED) is 0.858. The molecule has 1 aromatic rings. The standard InChI is InChI=1S/C17H29N3/c1-4-5-14-6-7-15(11-20-13(2)3)17(8-14)16-9-18-12-19-10-16/h9-10,12-15,17,20H,4-8,11H2,1-3H3. The average molecular weight is 275 g/mol. The van der Waals surface area contributed by atoms with Crippen LogP contribution in [-0.4, -0.2) is 22.6 Å². The van der Waals surface area contributed by atoms with Gasteiger partial charge in [-0.2, -0.15) is 0 Å². The molecule has 0 aromatic carbocycles. The summed E-state index contributed by atoms with van der Waals surface area (Å²) < 4.78 is 0. The van der Waals surface area contributed by atoms with Gasteiger partial charge in [0.25, 0.3) is 0 Å². The SMILES string of the molecule is CCCC1CCC(CNC(C)C)C(c2cncnc2)C1. The predicted octanol–water partition coefficient (Wildman–Crippen LogP) is 3.77. The lowest BCUT2D eigenvalue weighted by Gasteiger charge is -2.37. The molecule has 0 saturated heterocycles. The van der Waals surface area contributed by atoms with Crippen molar-refractivity contribution in [1.82, 2.24) is 15.3 Å². The maximum Gasteiger partial charge on any atom is 0.115 e. The highest BCUT2D eigenvalue weighted by molar-refractivity contribution is 5.13. The summed E-state index contributed by atoms with van der Waals surface area (Å²) in [7, 11) is 0. The minimum Gasteiger partial charge on any atom is -0.314 e. The second-order valence-electron chi connectivity index (χ2n) is 6.57. The molecule has 1 heterocycles. The molecule has 1 N–H and O–H groups in total. The van der Waals surface area contributed by atoms with Crippen molar-refractivity contribution in [2.45, 2.75) is 64.8 Å². The van der Waals surface area contributed by atoms with Gasteiger partial charge in [0.05, 0.1) is 0 Å². The van der Waals surface area contributed by atoms with Crippen LogP contribution in [0.5, 0.6) is 0 Å². The van der Waals surface area contributed by atoms with Gasteiger partial charge in [-0.1, -0.05) is 40.0 Å². The monoisotopic (exact) mass is 275 g/mol. The van der Waals surface area contributed by atoms with Crippen molar-refractivity contribution < 1.29 is 0 Å². The molecule has 0 spiro atoms. The molecular weight excluding hydrogens is 246 g/mol. The number of nitrogens with zero attached hydrogens (tertiary/aromatic N) is 2. The van der Waals surface area contributed by atoms with Crippen molar-refractivity contribution in [2.24, 2.45) is 11.8 Å². The summed E-state index contributed by atoms with van der Waals surface area (Å²) in [5.74, 6) is 2.25. The Morgan fingerprint density at radius 1 is 1.25 bits per heavy atom. The van der Waals surface area contributed by atoms with Gasteiger partial charge in [0.2, 0.25) is 0 Å². The van der Waals surface area contributed by atoms with Crippen LogP contribution in [0.2, 0.25) is 0 Å². The zero-order chi connectivity index (χ0) is 14.4. The highest BCUT2D eigenvalue weighted by Gasteiger charge is 2.31. The van der Waals surface area contributed by atoms with Gasteiger partial charge >= 0.3 is 0 Å². The van der Waals surface area contributed by atoms with E-state index in [9.17, 15) is 0 Å². The van der Waals surface area contributed by atoms with E-state index >= 15 is 0 Å². The first-order valence-electron chi connectivity index (χ1n) is 8.19. The van der Waals surface area contributed by atoms with E-state index in [1.165, 1.54) is 37.7 Å². The fraction of sp³-hybridized carbons (Fsp3) is 0.765. The third kappa shape index (κ3) is 4.27. The van der Waals surface area contributed by atoms with Gasteiger partial charge in [-0.25, -0.2) is 9.97 Å². The Labute approximate surface area is 123 Å². The first kappa shape index (κ1) is 15.4. The van der Waals surface area contributed by atoms with Crippen molar-refractivity contribution in [3.8, 4) is 0 Å². The average Bonchev–Trinajstić information content (AvgIpc) is 2.47. The minimum absolute atomic E-state index is 0.566. The Bertz CT molecular complexity index is 377. The molecule has 3 nitrogen and oxygen atoms in total. The Morgan fingerprint density at radius 3 is 2.65 bits per heavy atom. The third-order valence-corrected chi connectivity index (χ3v) is 4.60. The predicted molar refractivity (Wildman–Crippen MR) is 83.7 cm³/mol. The summed E-state index contributed by atoms with van der Waals surface area (Å²) in [4.78, 5) is 8.46. The lowest BCUT2D eigenvalue weighted by molar-refractivity contribution is 0.217. The Morgan fingerprint density at radius 2 is 2.00 bits per heavy atom. The Balaban J connectivity index is 2.06. The van der Waals surface area contributed by atoms with Crippen molar-refractivity contribution in [3.63, 3.8) is 0 Å². The van der Waals surface area contributed by atoms with Gasteiger partial charge in [0.15, 0.2) is 0 Å². The largest absolute Gasteiger partial charge is 0.314 e. The van der Waals surface area contributed by atoms with E-state index in [0.29, 0.717) is 12.0 Å². The van der Waals surface area contributed by atoms with Crippen LogP contribution in [0.4, 0.5) is 0 Å². The molecule has 3 unspecified atom stereocenters. The smallest absolute Gasteiger partial charge is 0.115 e. The van der Waals surface area contributed by atoms with E-state index in [0.717, 1.165) is 18.4 Å². The number of hydrogen-bond acceptors (Lipinski definition) is 3. The Hall–Kier alpha value is -0.960. The minimum atomic E-state index is 0.566. The van der Waals surface area contributed by atoms with Crippen LogP contribution in [-0.2, 0) is 0 Å². The molecule has 20 heavy (non-hydrogen) atoms. The number of hydrogen-bond donors (Lipinski definition) is 1. The summed E-state index contributed by atoms with van der Waals surface area (Å²) in [6, 6.07) is 0.566. The first-order valence-corrected chi connectivity index (χ1v) is 8.19. The van der Waals surface area contributed by atoms with Crippen molar-refractivity contribution in [2.75, 3.05) is 6.54 Å². The van der Waals surface area contributed by atoms with Crippen molar-refractivity contribution >= 4 is 0 Å². The maximum absolute atomic E-state index is 4.23. The van der Waals surface area contributed by atoms with Crippen LogP contribution < -0.4 is 5.32 Å². The number of aromatic nitrogens is 2. The van der Waals surface area contributed by atoms with E-state index < -0.39 is 0 Å². The van der Waals surface area contributed by atoms with E-state index in [2.05, 4.69) is 36.1 Å². The van der Waals surface area contributed by atoms with Gasteiger partial charge in [0.1, 0.15) is 6.33 Å². The molecule has 1 aliphatic carbocycles. The number of nitrogens with one attached hydrogen (secondary N) is 1. The molecule has 3 heteroatoms. The summed E-state index contributed by atoms with van der Waals surface area (Å²) >= 11 is 0. The number of rotatable bonds is 6. The molecule has 0 bridgehead atoms. The summed E-state index contributed by atoms with van der Waals surface area (Å²) in [6.07, 6.45) is 12.4. The van der Waals surface area contributed by atoms with E-state index in [1.807, 2.05) is 12.4 Å². The van der Waals surface area contributed by atoms with Crippen molar-refractivity contribution in [3.05, 3.63) is 24.3 Å². The molecule has 1 fully saturated rings. The third-order valence-electron chi connectivity index (χ3n) is 4.60. The van der Waals surface area contributed by atoms with Gasteiger partial charge < -0.3 is 5.32 Å². The second kappa shape index (κ2) is 7.72. The summed E-state index contributed by atoms with van der Waals surface area (Å²) in [5, 5.41) is 3.62. The van der Waals surface area contributed by atoms with E-state index in [1.54, 1.807) is 6.33 Å². The molecule has 1 aromatic heterocycles. The summed E-state index contributed by atoms with van der Waals surface area (Å²) in [6.45, 7) is 7.87. The molecule has 112 valence electrons. The lowest BCUT2D eigenvalue weighted by atomic mass is 9.70. The highest BCUT2D eigenvalue weighted by Crippen LogP contribution is 2.41. The fourth-order valence-electron chi connectivity index (χ4n) is 3.53. The van der Waals surface area contributed by atoms with Gasteiger partial charge in [-0.3, -0.25) is 0 Å². The van der Waals surface area contributed by atoms with Crippen molar-refractivity contribution in [1.29, 1.82) is 0 Å². The van der Waals surface area contributed by atoms with Crippen LogP contribution in [0.25, 0.3) is 0 Å². The zero-order valence-electron chi connectivity index (χ0n) is 13.2. The van der Waals surface area contributed by atoms with E-state index in [4.69, 9.17) is 0 Å². The molecule has 1 aliphatic rings. The molecular formula is C17H29N3. The van der Waals surface area contributed by atoms with Gasteiger partial charge in [-0.05, 0) is 42.7 Å². The molecule has 0 aliphatic heterocycles. The van der Waals surface area contributed by atoms with Gasteiger partial charge in [0, 0.05) is 18.4 Å². The molecule has 2 rings (SSSR count). The topological polar surface area (TPSA) is 37.8 Å². The fourth-order valence-corrected chi connectivity index (χ4v) is 3.53. The second-order valence-corrected chi connectivity index (χ2v) is 6.57. The summed E-state index contributed by atoms with van der Waals surface area (Å²) in [5.41, 5.74) is 1.34. The molecule has 0 radical (unpaired) electrons.